The van der Waals surface area contributed by atoms with Gasteiger partial charge in [-0.1, -0.05) is 6.92 Å². The fourth-order valence-corrected chi connectivity index (χ4v) is 1.94. The number of carbonyl (C=O) groups is 2. The molecular weight excluding hydrogens is 246 g/mol. The third-order valence-electron chi connectivity index (χ3n) is 3.08. The van der Waals surface area contributed by atoms with Gasteiger partial charge in [0.15, 0.2) is 0 Å². The lowest BCUT2D eigenvalue weighted by Crippen LogP contribution is -2.45. The zero-order valence-electron chi connectivity index (χ0n) is 12.1. The van der Waals surface area contributed by atoms with Crippen molar-refractivity contribution in [2.75, 3.05) is 46.9 Å². The highest BCUT2D eigenvalue weighted by Crippen LogP contribution is 2.06. The second-order valence-corrected chi connectivity index (χ2v) is 5.00. The van der Waals surface area contributed by atoms with Gasteiger partial charge in [0.05, 0.1) is 25.7 Å². The van der Waals surface area contributed by atoms with Crippen LogP contribution in [-0.2, 0) is 14.3 Å². The molecule has 1 N–H and O–H groups in total. The molecule has 6 heteroatoms. The van der Waals surface area contributed by atoms with Crippen LogP contribution >= 0.6 is 0 Å². The largest absolute Gasteiger partial charge is 0.375 e. The maximum Gasteiger partial charge on any atom is 0.241 e. The molecule has 1 aliphatic rings. The van der Waals surface area contributed by atoms with E-state index in [0.29, 0.717) is 26.1 Å². The van der Waals surface area contributed by atoms with E-state index in [-0.39, 0.29) is 24.5 Å². The molecule has 110 valence electrons. The second kappa shape index (κ2) is 8.12. The van der Waals surface area contributed by atoms with Crippen LogP contribution in [0.1, 0.15) is 19.8 Å². The summed E-state index contributed by atoms with van der Waals surface area (Å²) in [7, 11) is 3.40. The van der Waals surface area contributed by atoms with E-state index in [4.69, 9.17) is 4.74 Å². The van der Waals surface area contributed by atoms with Crippen LogP contribution in [0, 0.1) is 0 Å². The molecule has 0 bridgehead atoms. The van der Waals surface area contributed by atoms with Crippen molar-refractivity contribution < 1.29 is 14.3 Å². The molecule has 0 aromatic heterocycles. The number of rotatable bonds is 6. The third-order valence-corrected chi connectivity index (χ3v) is 3.08. The molecule has 0 aromatic carbocycles. The smallest absolute Gasteiger partial charge is 0.241 e. The summed E-state index contributed by atoms with van der Waals surface area (Å²) in [5.74, 6) is -0.0600. The Bertz CT molecular complexity index is 302. The van der Waals surface area contributed by atoms with Crippen molar-refractivity contribution in [2.24, 2.45) is 0 Å². The highest BCUT2D eigenvalue weighted by Gasteiger charge is 2.23. The normalized spacial score (nSPS) is 19.0. The molecule has 19 heavy (non-hydrogen) atoms. The SMILES string of the molecule is CCCN(CC(=O)N(C)C)C(=O)CC1CNCCO1. The molecule has 1 aliphatic heterocycles. The molecule has 6 nitrogen and oxygen atoms in total. The van der Waals surface area contributed by atoms with Gasteiger partial charge in [-0.15, -0.1) is 0 Å². The molecular formula is C13H25N3O3. The molecule has 1 fully saturated rings. The predicted molar refractivity (Wildman–Crippen MR) is 72.8 cm³/mol. The lowest BCUT2D eigenvalue weighted by molar-refractivity contribution is -0.141. The number of hydrogen-bond donors (Lipinski definition) is 1. The van der Waals surface area contributed by atoms with Crippen LogP contribution in [0.15, 0.2) is 0 Å². The summed E-state index contributed by atoms with van der Waals surface area (Å²) in [5.41, 5.74) is 0. The molecule has 0 aromatic rings. The minimum absolute atomic E-state index is 0.00856. The van der Waals surface area contributed by atoms with Crippen molar-refractivity contribution in [2.45, 2.75) is 25.9 Å². The lowest BCUT2D eigenvalue weighted by Gasteiger charge is -2.27. The van der Waals surface area contributed by atoms with Crippen LogP contribution in [0.4, 0.5) is 0 Å². The third kappa shape index (κ3) is 5.57. The summed E-state index contributed by atoms with van der Waals surface area (Å²) in [6.45, 7) is 4.94. The highest BCUT2D eigenvalue weighted by molar-refractivity contribution is 5.84. The van der Waals surface area contributed by atoms with Crippen LogP contribution in [-0.4, -0.2) is 74.6 Å². The van der Waals surface area contributed by atoms with Crippen LogP contribution in [0.5, 0.6) is 0 Å². The van der Waals surface area contributed by atoms with E-state index in [1.165, 1.54) is 4.90 Å². The summed E-state index contributed by atoms with van der Waals surface area (Å²) >= 11 is 0. The van der Waals surface area contributed by atoms with E-state index in [0.717, 1.165) is 13.0 Å². The van der Waals surface area contributed by atoms with Gasteiger partial charge in [0.1, 0.15) is 0 Å². The Kier molecular flexibility index (Phi) is 6.80. The maximum atomic E-state index is 12.2. The summed E-state index contributed by atoms with van der Waals surface area (Å²) in [4.78, 5) is 27.1. The molecule has 0 aliphatic carbocycles. The standard InChI is InChI=1S/C13H25N3O3/c1-4-6-16(10-13(18)15(2)3)12(17)8-11-9-14-5-7-19-11/h11,14H,4-10H2,1-3H3. The number of likely N-dealkylation sites (N-methyl/N-ethyl adjacent to an activating group) is 1. The highest BCUT2D eigenvalue weighted by atomic mass is 16.5. The van der Waals surface area contributed by atoms with Gasteiger partial charge in [-0.25, -0.2) is 0 Å². The summed E-state index contributed by atoms with van der Waals surface area (Å²) < 4.78 is 5.52. The van der Waals surface area contributed by atoms with Crippen molar-refractivity contribution >= 4 is 11.8 Å². The van der Waals surface area contributed by atoms with Crippen LogP contribution < -0.4 is 5.32 Å². The first-order valence-corrected chi connectivity index (χ1v) is 6.84. The zero-order chi connectivity index (χ0) is 14.3. The van der Waals surface area contributed by atoms with E-state index < -0.39 is 0 Å². The predicted octanol–water partition coefficient (Wildman–Crippen LogP) is -0.308. The summed E-state index contributed by atoms with van der Waals surface area (Å²) in [6, 6.07) is 0. The lowest BCUT2D eigenvalue weighted by atomic mass is 10.2. The fraction of sp³-hybridized carbons (Fsp3) is 0.846. The van der Waals surface area contributed by atoms with Gasteiger partial charge in [0.2, 0.25) is 11.8 Å². The molecule has 1 atom stereocenters. The Morgan fingerprint density at radius 3 is 2.58 bits per heavy atom. The number of nitrogens with zero attached hydrogens (tertiary/aromatic N) is 2. The van der Waals surface area contributed by atoms with Crippen molar-refractivity contribution in [1.29, 1.82) is 0 Å². The van der Waals surface area contributed by atoms with Gasteiger partial charge < -0.3 is 19.9 Å². The van der Waals surface area contributed by atoms with Crippen LogP contribution in [0.3, 0.4) is 0 Å². The molecule has 2 amide bonds. The molecule has 1 saturated heterocycles. The van der Waals surface area contributed by atoms with Crippen molar-refractivity contribution in [3.05, 3.63) is 0 Å². The van der Waals surface area contributed by atoms with E-state index >= 15 is 0 Å². The average molecular weight is 271 g/mol. The molecule has 0 saturated carbocycles. The van der Waals surface area contributed by atoms with Crippen LogP contribution in [0.25, 0.3) is 0 Å². The first kappa shape index (κ1) is 15.9. The number of morpholine rings is 1. The van der Waals surface area contributed by atoms with Crippen LogP contribution in [0.2, 0.25) is 0 Å². The number of nitrogens with one attached hydrogen (secondary N) is 1. The van der Waals surface area contributed by atoms with E-state index in [9.17, 15) is 9.59 Å². The molecule has 0 spiro atoms. The number of hydrogen-bond acceptors (Lipinski definition) is 4. The quantitative estimate of drug-likeness (QED) is 0.720. The van der Waals surface area contributed by atoms with Gasteiger partial charge in [0.25, 0.3) is 0 Å². The van der Waals surface area contributed by atoms with Crippen molar-refractivity contribution in [3.8, 4) is 0 Å². The summed E-state index contributed by atoms with van der Waals surface area (Å²) in [6.07, 6.45) is 1.11. The van der Waals surface area contributed by atoms with Gasteiger partial charge in [0, 0.05) is 33.7 Å². The fourth-order valence-electron chi connectivity index (χ4n) is 1.94. The number of carbonyl (C=O) groups excluding carboxylic acids is 2. The number of amides is 2. The Labute approximate surface area is 115 Å². The van der Waals surface area contributed by atoms with Crippen molar-refractivity contribution in [1.82, 2.24) is 15.1 Å². The van der Waals surface area contributed by atoms with E-state index in [2.05, 4.69) is 5.32 Å². The minimum atomic E-state index is -0.0740. The van der Waals surface area contributed by atoms with Gasteiger partial charge in [-0.3, -0.25) is 9.59 Å². The Morgan fingerprint density at radius 1 is 1.32 bits per heavy atom. The second-order valence-electron chi connectivity index (χ2n) is 5.00. The topological polar surface area (TPSA) is 61.9 Å². The maximum absolute atomic E-state index is 12.2. The Morgan fingerprint density at radius 2 is 2.05 bits per heavy atom. The first-order chi connectivity index (χ1) is 9.04. The van der Waals surface area contributed by atoms with E-state index in [1.807, 2.05) is 6.92 Å². The minimum Gasteiger partial charge on any atom is -0.375 e. The molecule has 1 heterocycles. The molecule has 1 unspecified atom stereocenters. The Balaban J connectivity index is 2.49. The number of ether oxygens (including phenoxy) is 1. The summed E-state index contributed by atoms with van der Waals surface area (Å²) in [5, 5.41) is 3.20. The van der Waals surface area contributed by atoms with E-state index in [1.54, 1.807) is 19.0 Å². The molecule has 0 radical (unpaired) electrons. The molecule has 1 rings (SSSR count). The van der Waals surface area contributed by atoms with Crippen molar-refractivity contribution in [3.63, 3.8) is 0 Å². The Hall–Kier alpha value is -1.14. The van der Waals surface area contributed by atoms with Gasteiger partial charge in [-0.05, 0) is 6.42 Å². The van der Waals surface area contributed by atoms with Gasteiger partial charge in [-0.2, -0.15) is 0 Å². The monoisotopic (exact) mass is 271 g/mol. The average Bonchev–Trinajstić information content (AvgIpc) is 2.39. The zero-order valence-corrected chi connectivity index (χ0v) is 12.1. The first-order valence-electron chi connectivity index (χ1n) is 6.84. The van der Waals surface area contributed by atoms with Gasteiger partial charge >= 0.3 is 0 Å².